The molecular weight excluding hydrogens is 283 g/mol. The normalized spacial score (nSPS) is 18.9. The Bertz CT molecular complexity index is 517. The summed E-state index contributed by atoms with van der Waals surface area (Å²) in [6, 6.07) is 5.88. The summed E-state index contributed by atoms with van der Waals surface area (Å²) in [6.45, 7) is 1.72. The van der Waals surface area contributed by atoms with Crippen molar-refractivity contribution in [2.45, 2.75) is 18.3 Å². The van der Waals surface area contributed by atoms with Gasteiger partial charge >= 0.3 is 0 Å². The fourth-order valence-corrected chi connectivity index (χ4v) is 3.16. The van der Waals surface area contributed by atoms with E-state index in [9.17, 15) is 5.26 Å². The van der Waals surface area contributed by atoms with Gasteiger partial charge in [0.05, 0.1) is 23.6 Å². The van der Waals surface area contributed by atoms with Gasteiger partial charge in [-0.25, -0.2) is 0 Å². The van der Waals surface area contributed by atoms with Crippen LogP contribution in [0.1, 0.15) is 18.4 Å². The number of hydrogen-bond acceptors (Lipinski definition) is 3. The first-order chi connectivity index (χ1) is 9.04. The minimum absolute atomic E-state index is 0.496. The van der Waals surface area contributed by atoms with Gasteiger partial charge in [0.1, 0.15) is 5.75 Å². The van der Waals surface area contributed by atoms with Crippen LogP contribution in [0, 0.1) is 11.3 Å². The van der Waals surface area contributed by atoms with Crippen molar-refractivity contribution in [1.82, 2.24) is 4.90 Å². The second-order valence-corrected chi connectivity index (χ2v) is 5.75. The van der Waals surface area contributed by atoms with Gasteiger partial charge in [0.25, 0.3) is 0 Å². The molecule has 2 rings (SSSR count). The Morgan fingerprint density at radius 2 is 1.84 bits per heavy atom. The minimum atomic E-state index is -0.611. The number of nitriles is 1. The van der Waals surface area contributed by atoms with Crippen LogP contribution < -0.4 is 4.74 Å². The van der Waals surface area contributed by atoms with E-state index < -0.39 is 5.41 Å². The van der Waals surface area contributed by atoms with Crippen LogP contribution in [-0.2, 0) is 5.41 Å². The number of hydrogen-bond donors (Lipinski definition) is 0. The minimum Gasteiger partial charge on any atom is -0.495 e. The number of ether oxygens (including phenoxy) is 1. The van der Waals surface area contributed by atoms with Gasteiger partial charge in [0.15, 0.2) is 0 Å². The standard InChI is InChI=1S/C14H16Cl2N2O/c1-18-7-5-14(9-17,6-8-18)12-10(15)3-4-11(16)13(12)19-2/h3-4H,5-8H2,1-2H3. The summed E-state index contributed by atoms with van der Waals surface area (Å²) >= 11 is 12.5. The van der Waals surface area contributed by atoms with Crippen LogP contribution in [0.3, 0.4) is 0 Å². The average Bonchev–Trinajstić information content (AvgIpc) is 2.43. The van der Waals surface area contributed by atoms with Gasteiger partial charge in [-0.3, -0.25) is 0 Å². The zero-order valence-electron chi connectivity index (χ0n) is 11.0. The van der Waals surface area contributed by atoms with E-state index in [1.807, 2.05) is 0 Å². The van der Waals surface area contributed by atoms with Crippen LogP contribution >= 0.6 is 23.2 Å². The van der Waals surface area contributed by atoms with E-state index in [0.717, 1.165) is 31.5 Å². The van der Waals surface area contributed by atoms with E-state index in [2.05, 4.69) is 18.0 Å². The lowest BCUT2D eigenvalue weighted by Gasteiger charge is -2.37. The summed E-state index contributed by atoms with van der Waals surface area (Å²) in [7, 11) is 3.61. The fourth-order valence-electron chi connectivity index (χ4n) is 2.60. The zero-order chi connectivity index (χ0) is 14.0. The summed E-state index contributed by atoms with van der Waals surface area (Å²) in [5, 5.41) is 10.7. The van der Waals surface area contributed by atoms with Gasteiger partial charge in [-0.1, -0.05) is 23.2 Å². The van der Waals surface area contributed by atoms with Crippen LogP contribution in [0.25, 0.3) is 0 Å². The summed E-state index contributed by atoms with van der Waals surface area (Å²) in [5.74, 6) is 0.528. The molecule has 1 fully saturated rings. The van der Waals surface area contributed by atoms with Crippen molar-refractivity contribution in [3.8, 4) is 11.8 Å². The number of halogens is 2. The highest BCUT2D eigenvalue weighted by atomic mass is 35.5. The summed E-state index contributed by atoms with van der Waals surface area (Å²) in [5.41, 5.74) is 0.125. The van der Waals surface area contributed by atoms with Crippen molar-refractivity contribution in [2.75, 3.05) is 27.2 Å². The molecule has 1 aliphatic rings. The first kappa shape index (κ1) is 14.5. The van der Waals surface area contributed by atoms with Crippen molar-refractivity contribution >= 4 is 23.2 Å². The highest BCUT2D eigenvalue weighted by Gasteiger charge is 2.40. The number of benzene rings is 1. The van der Waals surface area contributed by atoms with Crippen molar-refractivity contribution in [3.05, 3.63) is 27.7 Å². The van der Waals surface area contributed by atoms with Crippen molar-refractivity contribution < 1.29 is 4.74 Å². The molecule has 1 aliphatic heterocycles. The molecule has 0 saturated carbocycles. The summed E-state index contributed by atoms with van der Waals surface area (Å²) in [6.07, 6.45) is 1.47. The van der Waals surface area contributed by atoms with Crippen LogP contribution in [-0.4, -0.2) is 32.1 Å². The fraction of sp³-hybridized carbons (Fsp3) is 0.500. The van der Waals surface area contributed by atoms with Crippen LogP contribution in [0.2, 0.25) is 10.0 Å². The Balaban J connectivity index is 2.56. The molecular formula is C14H16Cl2N2O. The van der Waals surface area contributed by atoms with Crippen LogP contribution in [0.4, 0.5) is 0 Å². The molecule has 0 radical (unpaired) electrons. The zero-order valence-corrected chi connectivity index (χ0v) is 12.6. The molecule has 0 unspecified atom stereocenters. The van der Waals surface area contributed by atoms with Gasteiger partial charge < -0.3 is 9.64 Å². The first-order valence-corrected chi connectivity index (χ1v) is 6.92. The number of piperidine rings is 1. The Hall–Kier alpha value is -0.950. The molecule has 5 heteroatoms. The SMILES string of the molecule is COc1c(Cl)ccc(Cl)c1C1(C#N)CCN(C)CC1. The third-order valence-electron chi connectivity index (χ3n) is 3.80. The molecule has 1 aromatic rings. The molecule has 19 heavy (non-hydrogen) atoms. The van der Waals surface area contributed by atoms with E-state index in [0.29, 0.717) is 15.8 Å². The highest BCUT2D eigenvalue weighted by molar-refractivity contribution is 6.35. The number of rotatable bonds is 2. The predicted octanol–water partition coefficient (Wildman–Crippen LogP) is 3.49. The number of methoxy groups -OCH3 is 1. The third-order valence-corrected chi connectivity index (χ3v) is 4.41. The molecule has 1 aromatic carbocycles. The largest absolute Gasteiger partial charge is 0.495 e. The quantitative estimate of drug-likeness (QED) is 0.838. The van der Waals surface area contributed by atoms with Crippen molar-refractivity contribution in [3.63, 3.8) is 0 Å². The molecule has 0 aliphatic carbocycles. The number of nitrogens with zero attached hydrogens (tertiary/aromatic N) is 2. The van der Waals surface area contributed by atoms with Crippen molar-refractivity contribution in [1.29, 1.82) is 5.26 Å². The lowest BCUT2D eigenvalue weighted by atomic mass is 9.73. The molecule has 0 amide bonds. The van der Waals surface area contributed by atoms with E-state index in [1.165, 1.54) is 0 Å². The monoisotopic (exact) mass is 298 g/mol. The molecule has 0 spiro atoms. The maximum Gasteiger partial charge on any atom is 0.143 e. The van der Waals surface area contributed by atoms with Gasteiger partial charge in [0, 0.05) is 10.6 Å². The van der Waals surface area contributed by atoms with Gasteiger partial charge in [-0.15, -0.1) is 0 Å². The van der Waals surface area contributed by atoms with E-state index in [1.54, 1.807) is 19.2 Å². The van der Waals surface area contributed by atoms with Crippen LogP contribution in [0.15, 0.2) is 12.1 Å². The van der Waals surface area contributed by atoms with Crippen molar-refractivity contribution in [2.24, 2.45) is 0 Å². The molecule has 0 atom stereocenters. The van der Waals surface area contributed by atoms with Gasteiger partial charge in [-0.05, 0) is 45.1 Å². The lowest BCUT2D eigenvalue weighted by molar-refractivity contribution is 0.219. The van der Waals surface area contributed by atoms with E-state index in [4.69, 9.17) is 27.9 Å². The maximum atomic E-state index is 9.69. The van der Waals surface area contributed by atoms with E-state index >= 15 is 0 Å². The molecule has 102 valence electrons. The molecule has 0 bridgehead atoms. The smallest absolute Gasteiger partial charge is 0.143 e. The molecule has 0 aromatic heterocycles. The van der Waals surface area contributed by atoms with E-state index in [-0.39, 0.29) is 0 Å². The second-order valence-electron chi connectivity index (χ2n) is 4.93. The second kappa shape index (κ2) is 5.58. The topological polar surface area (TPSA) is 36.3 Å². The number of likely N-dealkylation sites (tertiary alicyclic amines) is 1. The average molecular weight is 299 g/mol. The Kier molecular flexibility index (Phi) is 4.25. The molecule has 3 nitrogen and oxygen atoms in total. The van der Waals surface area contributed by atoms with Gasteiger partial charge in [0.2, 0.25) is 0 Å². The molecule has 1 saturated heterocycles. The molecule has 0 N–H and O–H groups in total. The maximum absolute atomic E-state index is 9.69. The molecule has 1 heterocycles. The lowest BCUT2D eigenvalue weighted by Crippen LogP contribution is -2.40. The predicted molar refractivity (Wildman–Crippen MR) is 77.0 cm³/mol. The highest BCUT2D eigenvalue weighted by Crippen LogP contribution is 2.46. The van der Waals surface area contributed by atoms with Gasteiger partial charge in [-0.2, -0.15) is 5.26 Å². The Labute approximate surface area is 123 Å². The summed E-state index contributed by atoms with van der Waals surface area (Å²) < 4.78 is 5.38. The van der Waals surface area contributed by atoms with Crippen LogP contribution in [0.5, 0.6) is 5.75 Å². The Morgan fingerprint density at radius 1 is 1.26 bits per heavy atom. The third kappa shape index (κ3) is 2.53. The first-order valence-electron chi connectivity index (χ1n) is 6.16. The summed E-state index contributed by atoms with van der Waals surface area (Å²) in [4.78, 5) is 2.21. The Morgan fingerprint density at radius 3 is 2.37 bits per heavy atom.